The van der Waals surface area contributed by atoms with Crippen LogP contribution in [0, 0.1) is 0 Å². The summed E-state index contributed by atoms with van der Waals surface area (Å²) < 4.78 is 10.2. The molecule has 2 aromatic rings. The van der Waals surface area contributed by atoms with Crippen molar-refractivity contribution in [3.05, 3.63) is 83.6 Å². The van der Waals surface area contributed by atoms with Gasteiger partial charge < -0.3 is 14.8 Å². The number of carbonyl (C=O) groups is 3. The molecule has 0 aromatic heterocycles. The van der Waals surface area contributed by atoms with Gasteiger partial charge in [0.15, 0.2) is 0 Å². The molecule has 0 saturated carbocycles. The van der Waals surface area contributed by atoms with E-state index in [9.17, 15) is 14.4 Å². The molecule has 6 nitrogen and oxygen atoms in total. The van der Waals surface area contributed by atoms with Gasteiger partial charge in [0.1, 0.15) is 5.54 Å². The van der Waals surface area contributed by atoms with Crippen LogP contribution in [0.2, 0.25) is 0 Å². The lowest BCUT2D eigenvalue weighted by molar-refractivity contribution is -0.157. The number of ether oxygens (including phenoxy) is 2. The molecule has 0 bridgehead atoms. The van der Waals surface area contributed by atoms with E-state index in [1.807, 2.05) is 30.3 Å². The number of esters is 2. The summed E-state index contributed by atoms with van der Waals surface area (Å²) in [7, 11) is 0. The highest BCUT2D eigenvalue weighted by Gasteiger charge is 2.48. The fraction of sp³-hybridized carbons (Fsp3) is 0.227. The summed E-state index contributed by atoms with van der Waals surface area (Å²) in [4.78, 5) is 37.7. The SMILES string of the molecule is CCOC(=O)C1=C[C@@H](c2ccccc2)[C@@](C)(NC(=O)c2ccccc2)C(=O)O1. The Morgan fingerprint density at radius 1 is 1.07 bits per heavy atom. The lowest BCUT2D eigenvalue weighted by Crippen LogP contribution is -2.58. The Balaban J connectivity index is 2.01. The normalized spacial score (nSPS) is 21.3. The Hall–Kier alpha value is -3.41. The molecule has 1 amide bonds. The van der Waals surface area contributed by atoms with Gasteiger partial charge in [0.2, 0.25) is 5.76 Å². The first-order valence-electron chi connectivity index (χ1n) is 8.99. The lowest BCUT2D eigenvalue weighted by Gasteiger charge is -2.38. The summed E-state index contributed by atoms with van der Waals surface area (Å²) in [5, 5.41) is 2.79. The van der Waals surface area contributed by atoms with E-state index in [0.717, 1.165) is 5.56 Å². The largest absolute Gasteiger partial charge is 0.460 e. The van der Waals surface area contributed by atoms with E-state index in [1.165, 1.54) is 6.08 Å². The minimum absolute atomic E-state index is 0.158. The first kappa shape index (κ1) is 19.4. The van der Waals surface area contributed by atoms with Crippen LogP contribution in [0.4, 0.5) is 0 Å². The van der Waals surface area contributed by atoms with Crippen molar-refractivity contribution in [1.82, 2.24) is 5.32 Å². The summed E-state index contributed by atoms with van der Waals surface area (Å²) in [6.07, 6.45) is 1.53. The molecular weight excluding hydrogens is 358 g/mol. The van der Waals surface area contributed by atoms with Crippen molar-refractivity contribution in [3.8, 4) is 0 Å². The van der Waals surface area contributed by atoms with Gasteiger partial charge in [-0.15, -0.1) is 0 Å². The molecule has 1 aliphatic rings. The molecule has 0 unspecified atom stereocenters. The van der Waals surface area contributed by atoms with Crippen LogP contribution >= 0.6 is 0 Å². The van der Waals surface area contributed by atoms with Gasteiger partial charge in [0.05, 0.1) is 6.61 Å². The van der Waals surface area contributed by atoms with Crippen LogP contribution in [0.5, 0.6) is 0 Å². The number of cyclic esters (lactones) is 1. The second-order valence-electron chi connectivity index (χ2n) is 6.55. The number of hydrogen-bond donors (Lipinski definition) is 1. The third-order valence-electron chi connectivity index (χ3n) is 4.61. The zero-order chi connectivity index (χ0) is 20.1. The molecule has 1 heterocycles. The predicted octanol–water partition coefficient (Wildman–Crippen LogP) is 2.96. The lowest BCUT2D eigenvalue weighted by atomic mass is 9.78. The maximum absolute atomic E-state index is 12.9. The van der Waals surface area contributed by atoms with Crippen LogP contribution in [-0.2, 0) is 19.1 Å². The quantitative estimate of drug-likeness (QED) is 0.808. The first-order valence-corrected chi connectivity index (χ1v) is 8.99. The number of carbonyl (C=O) groups excluding carboxylic acids is 3. The Bertz CT molecular complexity index is 907. The monoisotopic (exact) mass is 379 g/mol. The molecule has 0 saturated heterocycles. The van der Waals surface area contributed by atoms with E-state index in [2.05, 4.69) is 5.32 Å². The zero-order valence-corrected chi connectivity index (χ0v) is 15.7. The summed E-state index contributed by atoms with van der Waals surface area (Å²) >= 11 is 0. The van der Waals surface area contributed by atoms with E-state index in [1.54, 1.807) is 44.2 Å². The average Bonchev–Trinajstić information content (AvgIpc) is 2.71. The Morgan fingerprint density at radius 3 is 2.29 bits per heavy atom. The van der Waals surface area contributed by atoms with Crippen molar-refractivity contribution in [2.75, 3.05) is 6.61 Å². The Morgan fingerprint density at radius 2 is 1.68 bits per heavy atom. The third kappa shape index (κ3) is 3.81. The van der Waals surface area contributed by atoms with Gasteiger partial charge in [-0.1, -0.05) is 48.5 Å². The molecule has 3 rings (SSSR count). The first-order chi connectivity index (χ1) is 13.5. The summed E-state index contributed by atoms with van der Waals surface area (Å²) in [5.41, 5.74) is -0.218. The van der Waals surface area contributed by atoms with Gasteiger partial charge in [-0.2, -0.15) is 0 Å². The number of hydrogen-bond acceptors (Lipinski definition) is 5. The standard InChI is InChI=1S/C22H21NO5/c1-3-27-20(25)18-14-17(15-10-6-4-7-11-15)22(2,21(26)28-18)23-19(24)16-12-8-5-9-13-16/h4-14,17H,3H2,1-2H3,(H,23,24)/t17-,22+/m0/s1. The average molecular weight is 379 g/mol. The van der Waals surface area contributed by atoms with E-state index in [4.69, 9.17) is 9.47 Å². The van der Waals surface area contributed by atoms with Gasteiger partial charge in [0.25, 0.3) is 5.91 Å². The molecule has 0 fully saturated rings. The van der Waals surface area contributed by atoms with Gasteiger partial charge in [-0.25, -0.2) is 9.59 Å². The zero-order valence-electron chi connectivity index (χ0n) is 15.7. The van der Waals surface area contributed by atoms with Crippen LogP contribution in [0.1, 0.15) is 35.7 Å². The van der Waals surface area contributed by atoms with Crippen molar-refractivity contribution < 1.29 is 23.9 Å². The summed E-state index contributed by atoms with van der Waals surface area (Å²) in [6.45, 7) is 3.42. The smallest absolute Gasteiger partial charge is 0.374 e. The van der Waals surface area contributed by atoms with Crippen molar-refractivity contribution in [2.24, 2.45) is 0 Å². The van der Waals surface area contributed by atoms with Crippen LogP contribution in [0.25, 0.3) is 0 Å². The van der Waals surface area contributed by atoms with E-state index in [0.29, 0.717) is 5.56 Å². The molecule has 0 spiro atoms. The van der Waals surface area contributed by atoms with Gasteiger partial charge in [-0.05, 0) is 37.6 Å². The van der Waals surface area contributed by atoms with Crippen molar-refractivity contribution in [1.29, 1.82) is 0 Å². The van der Waals surface area contributed by atoms with Gasteiger partial charge in [-0.3, -0.25) is 4.79 Å². The molecule has 144 valence electrons. The fourth-order valence-electron chi connectivity index (χ4n) is 3.11. The second kappa shape index (κ2) is 8.08. The minimum Gasteiger partial charge on any atom is -0.460 e. The number of nitrogens with one attached hydrogen (secondary N) is 1. The Labute approximate surface area is 163 Å². The van der Waals surface area contributed by atoms with E-state index < -0.39 is 29.3 Å². The third-order valence-corrected chi connectivity index (χ3v) is 4.61. The van der Waals surface area contributed by atoms with Crippen LogP contribution in [0.15, 0.2) is 72.5 Å². The maximum Gasteiger partial charge on any atom is 0.374 e. The maximum atomic E-state index is 12.9. The Kier molecular flexibility index (Phi) is 5.59. The summed E-state index contributed by atoms with van der Waals surface area (Å²) in [6, 6.07) is 17.8. The number of rotatable bonds is 5. The molecule has 2 atom stereocenters. The van der Waals surface area contributed by atoms with Crippen molar-refractivity contribution >= 4 is 17.8 Å². The molecule has 2 aromatic carbocycles. The molecule has 0 radical (unpaired) electrons. The van der Waals surface area contributed by atoms with Gasteiger partial charge >= 0.3 is 11.9 Å². The highest BCUT2D eigenvalue weighted by atomic mass is 16.6. The van der Waals surface area contributed by atoms with Crippen LogP contribution in [-0.4, -0.2) is 30.0 Å². The number of amides is 1. The van der Waals surface area contributed by atoms with Crippen molar-refractivity contribution in [3.63, 3.8) is 0 Å². The molecule has 6 heteroatoms. The molecular formula is C22H21NO5. The second-order valence-corrected chi connectivity index (χ2v) is 6.55. The van der Waals surface area contributed by atoms with E-state index >= 15 is 0 Å². The van der Waals surface area contributed by atoms with E-state index in [-0.39, 0.29) is 12.4 Å². The minimum atomic E-state index is -1.40. The molecule has 1 aliphatic heterocycles. The fourth-order valence-corrected chi connectivity index (χ4v) is 3.11. The predicted molar refractivity (Wildman–Crippen MR) is 102 cm³/mol. The number of benzene rings is 2. The summed E-state index contributed by atoms with van der Waals surface area (Å²) in [5.74, 6) is -2.63. The van der Waals surface area contributed by atoms with Crippen LogP contribution < -0.4 is 5.32 Å². The molecule has 0 aliphatic carbocycles. The molecule has 1 N–H and O–H groups in total. The van der Waals surface area contributed by atoms with Gasteiger partial charge in [0, 0.05) is 11.5 Å². The van der Waals surface area contributed by atoms with Crippen LogP contribution in [0.3, 0.4) is 0 Å². The molecule has 28 heavy (non-hydrogen) atoms. The van der Waals surface area contributed by atoms with Crippen molar-refractivity contribution in [2.45, 2.75) is 25.3 Å². The highest BCUT2D eigenvalue weighted by Crippen LogP contribution is 2.36. The topological polar surface area (TPSA) is 81.7 Å². The highest BCUT2D eigenvalue weighted by molar-refractivity contribution is 6.01.